The molecule has 0 spiro atoms. The molecule has 166 valence electrons. The van der Waals surface area contributed by atoms with Gasteiger partial charge in [0.1, 0.15) is 0 Å². The zero-order valence-electron chi connectivity index (χ0n) is 18.7. The second-order valence-electron chi connectivity index (χ2n) is 8.01. The van der Waals surface area contributed by atoms with Crippen LogP contribution in [0.25, 0.3) is 0 Å². The van der Waals surface area contributed by atoms with E-state index in [4.69, 9.17) is 9.47 Å². The summed E-state index contributed by atoms with van der Waals surface area (Å²) >= 11 is 0. The number of carbonyl (C=O) groups excluding carboxylic acids is 3. The second kappa shape index (κ2) is 9.92. The fourth-order valence-electron chi connectivity index (χ4n) is 3.90. The summed E-state index contributed by atoms with van der Waals surface area (Å²) < 4.78 is 10.2. The largest absolute Gasteiger partial charge is 0.489 e. The maximum absolute atomic E-state index is 12.8. The highest BCUT2D eigenvalue weighted by Gasteiger charge is 2.34. The second-order valence-corrected chi connectivity index (χ2v) is 8.01. The van der Waals surface area contributed by atoms with Gasteiger partial charge in [0, 0.05) is 50.2 Å². The Labute approximate surface area is 183 Å². The zero-order chi connectivity index (χ0) is 22.5. The first kappa shape index (κ1) is 22.7. The van der Waals surface area contributed by atoms with Crippen LogP contribution < -0.4 is 0 Å². The summed E-state index contributed by atoms with van der Waals surface area (Å²) in [5.74, 6) is -0.551. The molecule has 1 aliphatic carbocycles. The number of methoxy groups -OCH3 is 2. The van der Waals surface area contributed by atoms with Gasteiger partial charge in [-0.2, -0.15) is 0 Å². The number of amides is 1. The lowest BCUT2D eigenvalue weighted by molar-refractivity contribution is -0.132. The smallest absolute Gasteiger partial charge is 0.228 e. The van der Waals surface area contributed by atoms with E-state index in [0.29, 0.717) is 30.4 Å². The summed E-state index contributed by atoms with van der Waals surface area (Å²) in [7, 11) is 4.78. The standard InChI is InChI=1S/C24H30N2O5/c1-16-19(22(29)24(31-4)23(30-3)21(16)28)15-18-7-5-17(6-8-18)9-10-20(27)26-13-11-25(2)12-14-26/h5-8H,9-15H2,1-4H3. The predicted molar refractivity (Wildman–Crippen MR) is 116 cm³/mol. The Morgan fingerprint density at radius 1 is 0.903 bits per heavy atom. The number of rotatable bonds is 7. The van der Waals surface area contributed by atoms with Crippen LogP contribution in [0.1, 0.15) is 24.5 Å². The van der Waals surface area contributed by atoms with Gasteiger partial charge in [0.2, 0.25) is 29.0 Å². The minimum atomic E-state index is -0.326. The Morgan fingerprint density at radius 2 is 1.45 bits per heavy atom. The van der Waals surface area contributed by atoms with Crippen LogP contribution in [0.15, 0.2) is 46.9 Å². The van der Waals surface area contributed by atoms with Crippen molar-refractivity contribution in [1.29, 1.82) is 0 Å². The zero-order valence-corrected chi connectivity index (χ0v) is 18.7. The highest BCUT2D eigenvalue weighted by Crippen LogP contribution is 2.28. The fourth-order valence-corrected chi connectivity index (χ4v) is 3.90. The minimum absolute atomic E-state index is 0.0471. The molecule has 2 aliphatic rings. The molecule has 1 heterocycles. The van der Waals surface area contributed by atoms with Gasteiger partial charge in [-0.3, -0.25) is 14.4 Å². The number of hydrogen-bond acceptors (Lipinski definition) is 6. The molecule has 7 heteroatoms. The first-order chi connectivity index (χ1) is 14.8. The highest BCUT2D eigenvalue weighted by molar-refractivity contribution is 6.23. The monoisotopic (exact) mass is 426 g/mol. The number of benzene rings is 1. The third kappa shape index (κ3) is 5.05. The summed E-state index contributed by atoms with van der Waals surface area (Å²) in [4.78, 5) is 41.9. The molecule has 0 radical (unpaired) electrons. The van der Waals surface area contributed by atoms with Gasteiger partial charge in [-0.1, -0.05) is 24.3 Å². The van der Waals surface area contributed by atoms with Gasteiger partial charge in [-0.05, 0) is 31.5 Å². The Balaban J connectivity index is 1.62. The summed E-state index contributed by atoms with van der Waals surface area (Å²) in [5.41, 5.74) is 2.79. The maximum Gasteiger partial charge on any atom is 0.228 e. The number of carbonyl (C=O) groups is 3. The average Bonchev–Trinajstić information content (AvgIpc) is 2.78. The molecule has 1 amide bonds. The minimum Gasteiger partial charge on any atom is -0.489 e. The van der Waals surface area contributed by atoms with Crippen LogP contribution >= 0.6 is 0 Å². The Hall–Kier alpha value is -2.93. The van der Waals surface area contributed by atoms with E-state index in [-0.39, 0.29) is 29.0 Å². The molecule has 0 aromatic heterocycles. The molecule has 3 rings (SSSR count). The van der Waals surface area contributed by atoms with Gasteiger partial charge < -0.3 is 19.3 Å². The number of allylic oxidation sites excluding steroid dienone is 2. The molecule has 0 unspecified atom stereocenters. The van der Waals surface area contributed by atoms with Gasteiger partial charge >= 0.3 is 0 Å². The lowest BCUT2D eigenvalue weighted by Crippen LogP contribution is -2.47. The molecule has 7 nitrogen and oxygen atoms in total. The van der Waals surface area contributed by atoms with Crippen molar-refractivity contribution in [2.24, 2.45) is 0 Å². The topological polar surface area (TPSA) is 76.2 Å². The van der Waals surface area contributed by atoms with Crippen LogP contribution in [0.4, 0.5) is 0 Å². The molecule has 1 aromatic carbocycles. The first-order valence-electron chi connectivity index (χ1n) is 10.5. The molecule has 1 aliphatic heterocycles. The fraction of sp³-hybridized carbons (Fsp3) is 0.458. The molecule has 1 aromatic rings. The Morgan fingerprint density at radius 3 is 2.03 bits per heavy atom. The van der Waals surface area contributed by atoms with Crippen molar-refractivity contribution in [2.75, 3.05) is 47.4 Å². The molecular formula is C24H30N2O5. The van der Waals surface area contributed by atoms with Crippen LogP contribution in [0.2, 0.25) is 0 Å². The van der Waals surface area contributed by atoms with Crippen LogP contribution in [-0.4, -0.2) is 74.7 Å². The number of hydrogen-bond donors (Lipinski definition) is 0. The first-order valence-corrected chi connectivity index (χ1v) is 10.5. The summed E-state index contributed by atoms with van der Waals surface area (Å²) in [6, 6.07) is 7.84. The normalized spacial score (nSPS) is 18.0. The molecule has 0 atom stereocenters. The van der Waals surface area contributed by atoms with E-state index in [0.717, 1.165) is 37.3 Å². The van der Waals surface area contributed by atoms with Crippen molar-refractivity contribution < 1.29 is 23.9 Å². The molecule has 0 N–H and O–H groups in total. The van der Waals surface area contributed by atoms with E-state index in [2.05, 4.69) is 11.9 Å². The SMILES string of the molecule is COC1=C(OC)C(=O)C(Cc2ccc(CCC(=O)N3CCN(C)CC3)cc2)=C(C)C1=O. The van der Waals surface area contributed by atoms with Crippen LogP contribution in [0.5, 0.6) is 0 Å². The highest BCUT2D eigenvalue weighted by atomic mass is 16.5. The number of ketones is 2. The van der Waals surface area contributed by atoms with E-state index < -0.39 is 0 Å². The van der Waals surface area contributed by atoms with E-state index >= 15 is 0 Å². The van der Waals surface area contributed by atoms with E-state index in [1.54, 1.807) is 6.92 Å². The summed E-state index contributed by atoms with van der Waals surface area (Å²) in [5, 5.41) is 0. The van der Waals surface area contributed by atoms with Crippen LogP contribution in [-0.2, 0) is 36.7 Å². The average molecular weight is 427 g/mol. The predicted octanol–water partition coefficient (Wildman–Crippen LogP) is 1.91. The van der Waals surface area contributed by atoms with Gasteiger partial charge in [-0.25, -0.2) is 0 Å². The maximum atomic E-state index is 12.8. The van der Waals surface area contributed by atoms with Crippen molar-refractivity contribution in [1.82, 2.24) is 9.80 Å². The molecule has 31 heavy (non-hydrogen) atoms. The van der Waals surface area contributed by atoms with E-state index in [1.165, 1.54) is 14.2 Å². The van der Waals surface area contributed by atoms with Crippen LogP contribution in [0.3, 0.4) is 0 Å². The molecule has 1 fully saturated rings. The lowest BCUT2D eigenvalue weighted by atomic mass is 9.88. The van der Waals surface area contributed by atoms with Crippen molar-refractivity contribution in [3.05, 3.63) is 58.1 Å². The molecule has 1 saturated heterocycles. The number of likely N-dealkylation sites (N-methyl/N-ethyl adjacent to an activating group) is 1. The van der Waals surface area contributed by atoms with Crippen molar-refractivity contribution in [3.63, 3.8) is 0 Å². The number of ether oxygens (including phenoxy) is 2. The van der Waals surface area contributed by atoms with Crippen molar-refractivity contribution in [3.8, 4) is 0 Å². The van der Waals surface area contributed by atoms with E-state index in [9.17, 15) is 14.4 Å². The van der Waals surface area contributed by atoms with Crippen molar-refractivity contribution in [2.45, 2.75) is 26.2 Å². The summed E-state index contributed by atoms with van der Waals surface area (Å²) in [6.45, 7) is 5.06. The third-order valence-electron chi connectivity index (χ3n) is 5.98. The molecular weight excluding hydrogens is 396 g/mol. The van der Waals surface area contributed by atoms with Gasteiger partial charge in [-0.15, -0.1) is 0 Å². The Kier molecular flexibility index (Phi) is 7.28. The van der Waals surface area contributed by atoms with Crippen LogP contribution in [0, 0.1) is 0 Å². The lowest BCUT2D eigenvalue weighted by Gasteiger charge is -2.32. The molecule has 0 bridgehead atoms. The van der Waals surface area contributed by atoms with Gasteiger partial charge in [0.05, 0.1) is 14.2 Å². The number of nitrogens with zero attached hydrogens (tertiary/aromatic N) is 2. The number of Topliss-reactive ketones (excluding diaryl/α,β-unsaturated/α-hetero) is 2. The third-order valence-corrected chi connectivity index (χ3v) is 5.98. The quantitative estimate of drug-likeness (QED) is 0.620. The summed E-state index contributed by atoms with van der Waals surface area (Å²) in [6.07, 6.45) is 1.50. The van der Waals surface area contributed by atoms with Crippen molar-refractivity contribution >= 4 is 17.5 Å². The van der Waals surface area contributed by atoms with Gasteiger partial charge in [0.25, 0.3) is 0 Å². The molecule has 0 saturated carbocycles. The Bertz CT molecular complexity index is 922. The number of piperazine rings is 1. The number of aryl methyl sites for hydroxylation is 1. The van der Waals surface area contributed by atoms with E-state index in [1.807, 2.05) is 29.2 Å². The van der Waals surface area contributed by atoms with Gasteiger partial charge in [0.15, 0.2) is 0 Å².